The van der Waals surface area contributed by atoms with E-state index >= 15 is 0 Å². The number of ether oxygens (including phenoxy) is 4. The second kappa shape index (κ2) is 12.1. The molecular weight excluding hydrogens is 464 g/mol. The van der Waals surface area contributed by atoms with Crippen LogP contribution in [0.25, 0.3) is 0 Å². The molecule has 8 N–H and O–H groups in total. The third-order valence-corrected chi connectivity index (χ3v) is 5.47. The minimum absolute atomic E-state index is 0.616. The van der Waals surface area contributed by atoms with Crippen molar-refractivity contribution >= 4 is 17.8 Å². The van der Waals surface area contributed by atoms with Crippen molar-refractivity contribution in [3.63, 3.8) is 0 Å². The zero-order valence-electron chi connectivity index (χ0n) is 18.8. The zero-order valence-corrected chi connectivity index (χ0v) is 18.8. The Labute approximate surface area is 194 Å². The minimum atomic E-state index is -1.72. The van der Waals surface area contributed by atoms with Gasteiger partial charge in [0, 0.05) is 13.8 Å². The first-order valence-electron chi connectivity index (χ1n) is 10.6. The van der Waals surface area contributed by atoms with Crippen LogP contribution in [0.3, 0.4) is 0 Å². The number of aliphatic carboxylic acids is 1. The van der Waals surface area contributed by atoms with Crippen LogP contribution in [0.15, 0.2) is 0 Å². The van der Waals surface area contributed by atoms with Gasteiger partial charge in [-0.1, -0.05) is 0 Å². The number of aliphatic hydroxyl groups excluding tert-OH is 5. The number of amides is 2. The second-order valence-electron chi connectivity index (χ2n) is 8.09. The number of nitrogens with one attached hydrogen (secondary N) is 2. The van der Waals surface area contributed by atoms with E-state index in [9.17, 15) is 45.0 Å². The highest BCUT2D eigenvalue weighted by Crippen LogP contribution is 2.30. The van der Waals surface area contributed by atoms with Crippen molar-refractivity contribution in [1.29, 1.82) is 0 Å². The third kappa shape index (κ3) is 6.59. The van der Waals surface area contributed by atoms with E-state index in [4.69, 9.17) is 18.9 Å². The van der Waals surface area contributed by atoms with Gasteiger partial charge in [-0.3, -0.25) is 9.59 Å². The molecule has 11 atom stereocenters. The number of carboxylic acids is 1. The lowest BCUT2D eigenvalue weighted by molar-refractivity contribution is -0.333. The van der Waals surface area contributed by atoms with E-state index in [2.05, 4.69) is 10.6 Å². The van der Waals surface area contributed by atoms with Crippen LogP contribution in [0, 0.1) is 0 Å². The van der Waals surface area contributed by atoms with Gasteiger partial charge >= 0.3 is 5.97 Å². The summed E-state index contributed by atoms with van der Waals surface area (Å²) >= 11 is 0. The lowest BCUT2D eigenvalue weighted by Gasteiger charge is -2.48. The van der Waals surface area contributed by atoms with Crippen molar-refractivity contribution in [2.75, 3.05) is 13.2 Å². The van der Waals surface area contributed by atoms with Gasteiger partial charge in [-0.25, -0.2) is 4.79 Å². The molecule has 0 saturated carbocycles. The first-order valence-corrected chi connectivity index (χ1v) is 10.6. The third-order valence-electron chi connectivity index (χ3n) is 5.47. The van der Waals surface area contributed by atoms with Gasteiger partial charge in [0.1, 0.15) is 48.7 Å². The van der Waals surface area contributed by atoms with E-state index in [0.717, 1.165) is 13.8 Å². The molecule has 0 aliphatic carbocycles. The molecule has 34 heavy (non-hydrogen) atoms. The summed E-state index contributed by atoms with van der Waals surface area (Å²) in [5, 5.41) is 64.4. The van der Waals surface area contributed by atoms with Crippen molar-refractivity contribution in [1.82, 2.24) is 10.6 Å². The van der Waals surface area contributed by atoms with Crippen LogP contribution >= 0.6 is 0 Å². The maximum atomic E-state index is 11.7. The number of rotatable bonds is 9. The molecule has 196 valence electrons. The number of hydrogen-bond donors (Lipinski definition) is 8. The first-order chi connectivity index (χ1) is 15.9. The summed E-state index contributed by atoms with van der Waals surface area (Å²) < 4.78 is 22.3. The largest absolute Gasteiger partial charge is 0.479 e. The molecule has 0 aromatic rings. The molecule has 2 rings (SSSR count). The molecular formula is C19H32N2O13. The van der Waals surface area contributed by atoms with Gasteiger partial charge < -0.3 is 60.2 Å². The number of hydrogen-bond acceptors (Lipinski definition) is 12. The van der Waals surface area contributed by atoms with Gasteiger partial charge in [-0.2, -0.15) is 0 Å². The number of aliphatic hydroxyl groups is 5. The summed E-state index contributed by atoms with van der Waals surface area (Å²) in [5.41, 5.74) is 0. The average molecular weight is 496 g/mol. The molecule has 0 spiro atoms. The van der Waals surface area contributed by atoms with Crippen LogP contribution < -0.4 is 10.6 Å². The maximum Gasteiger partial charge on any atom is 0.332 e. The number of carbonyl (C=O) groups excluding carboxylic acids is 2. The molecule has 5 unspecified atom stereocenters. The Balaban J connectivity index is 2.44. The van der Waals surface area contributed by atoms with Crippen LogP contribution in [0.1, 0.15) is 20.8 Å². The quantitative estimate of drug-likeness (QED) is 0.150. The van der Waals surface area contributed by atoms with Crippen molar-refractivity contribution in [3.05, 3.63) is 0 Å². The fourth-order valence-corrected chi connectivity index (χ4v) is 3.82. The van der Waals surface area contributed by atoms with Gasteiger partial charge in [0.15, 0.2) is 18.7 Å². The molecule has 2 heterocycles. The fourth-order valence-electron chi connectivity index (χ4n) is 3.82. The Morgan fingerprint density at radius 1 is 0.882 bits per heavy atom. The number of carbonyl (C=O) groups is 3. The van der Waals surface area contributed by atoms with Crippen molar-refractivity contribution < 1.29 is 64.0 Å². The van der Waals surface area contributed by atoms with E-state index in [1.54, 1.807) is 0 Å². The molecule has 2 saturated heterocycles. The lowest BCUT2D eigenvalue weighted by Crippen LogP contribution is -2.69. The van der Waals surface area contributed by atoms with Crippen molar-refractivity contribution in [2.24, 2.45) is 0 Å². The fraction of sp³-hybridized carbons (Fsp3) is 0.842. The summed E-state index contributed by atoms with van der Waals surface area (Å²) in [6.07, 6.45) is -13.5. The Morgan fingerprint density at radius 2 is 1.44 bits per heavy atom. The first kappa shape index (κ1) is 28.3. The highest BCUT2D eigenvalue weighted by atomic mass is 16.7. The smallest absolute Gasteiger partial charge is 0.332 e. The molecule has 2 amide bonds. The molecule has 15 heteroatoms. The highest BCUT2D eigenvalue weighted by Gasteiger charge is 2.52. The average Bonchev–Trinajstić information content (AvgIpc) is 2.76. The summed E-state index contributed by atoms with van der Waals surface area (Å²) in [4.78, 5) is 34.8. The van der Waals surface area contributed by atoms with Crippen molar-refractivity contribution in [3.8, 4) is 0 Å². The van der Waals surface area contributed by atoms with Gasteiger partial charge in [-0.05, 0) is 6.92 Å². The van der Waals surface area contributed by atoms with Gasteiger partial charge in [-0.15, -0.1) is 0 Å². The molecule has 15 nitrogen and oxygen atoms in total. The Morgan fingerprint density at radius 3 is 1.94 bits per heavy atom. The molecule has 2 aliphatic heterocycles. The summed E-state index contributed by atoms with van der Waals surface area (Å²) in [7, 11) is 0. The maximum absolute atomic E-state index is 11.7. The van der Waals surface area contributed by atoms with E-state index in [1.807, 2.05) is 0 Å². The standard InChI is InChI=1S/C19H32N2O13/c1-6(17(28)29)31-16-12(21-8(3)25)18(30)32-10(5-23)15(16)34-19-11(20-7(2)24)14(27)13(26)9(4-22)33-19/h6,9-16,18-19,22-23,26-27,30H,4-5H2,1-3H3,(H,20,24)(H,21,25)(H,28,29)/t6-,9?,10?,11?,12?,13+,14+,15+,16+,18?,19-/m0/s1. The van der Waals surface area contributed by atoms with Gasteiger partial charge in [0.25, 0.3) is 0 Å². The molecule has 0 bridgehead atoms. The van der Waals surface area contributed by atoms with Gasteiger partial charge in [0.05, 0.1) is 13.2 Å². The van der Waals surface area contributed by atoms with Crippen LogP contribution in [0.4, 0.5) is 0 Å². The Hall–Kier alpha value is -1.95. The highest BCUT2D eigenvalue weighted by molar-refractivity contribution is 5.74. The van der Waals surface area contributed by atoms with Crippen LogP contribution in [0.2, 0.25) is 0 Å². The normalized spacial score (nSPS) is 39.2. The SMILES string of the molecule is CC(=O)NC1[C@H](O[C@@H]2C(CO)OC(O)C(NC(C)=O)[C@H]2O[C@@H](C)C(=O)O)OC(CO)[C@@H](O)[C@@H]1O. The predicted octanol–water partition coefficient (Wildman–Crippen LogP) is -4.61. The number of carboxylic acid groups (broad SMARTS) is 1. The van der Waals surface area contributed by atoms with Crippen LogP contribution in [-0.2, 0) is 33.3 Å². The minimum Gasteiger partial charge on any atom is -0.479 e. The molecule has 2 fully saturated rings. The Kier molecular flexibility index (Phi) is 10.1. The van der Waals surface area contributed by atoms with Crippen LogP contribution in [0.5, 0.6) is 0 Å². The summed E-state index contributed by atoms with van der Waals surface area (Å²) in [6.45, 7) is 2.00. The van der Waals surface area contributed by atoms with Crippen LogP contribution in [-0.4, -0.2) is 129 Å². The molecule has 0 aromatic heterocycles. The van der Waals surface area contributed by atoms with E-state index in [1.165, 1.54) is 6.92 Å². The van der Waals surface area contributed by atoms with Crippen molar-refractivity contribution in [2.45, 2.75) is 88.2 Å². The summed E-state index contributed by atoms with van der Waals surface area (Å²) in [6, 6.07) is -2.71. The van der Waals surface area contributed by atoms with E-state index in [0.29, 0.717) is 0 Å². The van der Waals surface area contributed by atoms with E-state index in [-0.39, 0.29) is 0 Å². The molecule has 0 aromatic carbocycles. The molecule has 2 aliphatic rings. The van der Waals surface area contributed by atoms with E-state index < -0.39 is 98.4 Å². The lowest BCUT2D eigenvalue weighted by atomic mass is 9.94. The Bertz CT molecular complexity index is 724. The second-order valence-corrected chi connectivity index (χ2v) is 8.09. The topological polar surface area (TPSA) is 234 Å². The van der Waals surface area contributed by atoms with Gasteiger partial charge in [0.2, 0.25) is 11.8 Å². The summed E-state index contributed by atoms with van der Waals surface area (Å²) in [5.74, 6) is -2.60. The predicted molar refractivity (Wildman–Crippen MR) is 108 cm³/mol. The monoisotopic (exact) mass is 496 g/mol. The zero-order chi connectivity index (χ0) is 25.7. The molecule has 0 radical (unpaired) electrons.